The van der Waals surface area contributed by atoms with Crippen LogP contribution in [-0.4, -0.2) is 18.1 Å². The van der Waals surface area contributed by atoms with Crippen LogP contribution in [0, 0.1) is 5.92 Å². The Labute approximate surface area is 111 Å². The molecular weight excluding hydrogens is 226 g/mol. The zero-order chi connectivity index (χ0) is 13.4. The molecule has 2 N–H and O–H groups in total. The second-order valence-electron chi connectivity index (χ2n) is 5.65. The van der Waals surface area contributed by atoms with Crippen LogP contribution in [0.25, 0.3) is 0 Å². The molecule has 1 aliphatic carbocycles. The maximum Gasteiger partial charge on any atom is 0.310 e. The van der Waals surface area contributed by atoms with E-state index >= 15 is 0 Å². The van der Waals surface area contributed by atoms with Gasteiger partial charge in [-0.3, -0.25) is 4.79 Å². The van der Waals surface area contributed by atoms with Crippen molar-refractivity contribution < 1.29 is 9.53 Å². The van der Waals surface area contributed by atoms with E-state index in [1.54, 1.807) is 0 Å². The van der Waals surface area contributed by atoms with E-state index in [-0.39, 0.29) is 24.0 Å². The highest BCUT2D eigenvalue weighted by molar-refractivity contribution is 5.73. The molecule has 3 heteroatoms. The molecule has 0 saturated heterocycles. The number of rotatable bonds is 7. The molecule has 0 aromatic rings. The molecule has 0 heterocycles. The molecule has 0 bridgehead atoms. The zero-order valence-electron chi connectivity index (χ0n) is 12.0. The Balaban J connectivity index is 2.21. The van der Waals surface area contributed by atoms with Gasteiger partial charge < -0.3 is 10.5 Å². The lowest BCUT2D eigenvalue weighted by molar-refractivity contribution is -0.155. The lowest BCUT2D eigenvalue weighted by Gasteiger charge is -2.28. The maximum atomic E-state index is 12.0. The molecule has 18 heavy (non-hydrogen) atoms. The molecule has 0 radical (unpaired) electrons. The number of ether oxygens (including phenoxy) is 1. The molecule has 3 nitrogen and oxygen atoms in total. The molecule has 0 aliphatic heterocycles. The third-order valence-corrected chi connectivity index (χ3v) is 3.90. The fourth-order valence-electron chi connectivity index (χ4n) is 2.66. The number of esters is 1. The van der Waals surface area contributed by atoms with Crippen molar-refractivity contribution in [2.75, 3.05) is 0 Å². The van der Waals surface area contributed by atoms with Gasteiger partial charge in [0.05, 0.1) is 12.0 Å². The topological polar surface area (TPSA) is 52.3 Å². The molecule has 106 valence electrons. The lowest BCUT2D eigenvalue weighted by Crippen LogP contribution is -2.39. The number of carbonyl (C=O) groups excluding carboxylic acids is 1. The van der Waals surface area contributed by atoms with Crippen LogP contribution in [0.15, 0.2) is 0 Å². The van der Waals surface area contributed by atoms with E-state index in [4.69, 9.17) is 10.5 Å². The number of unbranched alkanes of at least 4 members (excludes halogenated alkanes) is 3. The second kappa shape index (κ2) is 8.52. The van der Waals surface area contributed by atoms with E-state index in [9.17, 15) is 4.79 Å². The standard InChI is InChI=1S/C15H29NO2/c1-3-4-5-6-9-12(2)18-15(17)13-10-7-8-11-14(13)16/h12-14H,3-11,16H2,1-2H3. The van der Waals surface area contributed by atoms with Crippen molar-refractivity contribution in [3.8, 4) is 0 Å². The van der Waals surface area contributed by atoms with E-state index in [0.29, 0.717) is 0 Å². The third kappa shape index (κ3) is 5.38. The molecule has 0 spiro atoms. The summed E-state index contributed by atoms with van der Waals surface area (Å²) in [6, 6.07) is 0.0125. The SMILES string of the molecule is CCCCCCC(C)OC(=O)C1CCCCC1N. The van der Waals surface area contributed by atoms with Crippen LogP contribution >= 0.6 is 0 Å². The third-order valence-electron chi connectivity index (χ3n) is 3.90. The van der Waals surface area contributed by atoms with E-state index in [1.807, 2.05) is 6.92 Å². The van der Waals surface area contributed by atoms with Crippen LogP contribution in [0.2, 0.25) is 0 Å². The van der Waals surface area contributed by atoms with Crippen molar-refractivity contribution in [2.24, 2.45) is 11.7 Å². The Morgan fingerprint density at radius 2 is 2.00 bits per heavy atom. The Morgan fingerprint density at radius 1 is 1.28 bits per heavy atom. The lowest BCUT2D eigenvalue weighted by atomic mass is 9.85. The average Bonchev–Trinajstić information content (AvgIpc) is 2.35. The molecule has 3 atom stereocenters. The van der Waals surface area contributed by atoms with E-state index in [0.717, 1.165) is 38.5 Å². The fraction of sp³-hybridized carbons (Fsp3) is 0.933. The minimum Gasteiger partial charge on any atom is -0.462 e. The zero-order valence-corrected chi connectivity index (χ0v) is 12.0. The second-order valence-corrected chi connectivity index (χ2v) is 5.65. The number of hydrogen-bond donors (Lipinski definition) is 1. The minimum absolute atomic E-state index is 0.0125. The molecule has 1 aliphatic rings. The van der Waals surface area contributed by atoms with E-state index in [1.165, 1.54) is 19.3 Å². The summed E-state index contributed by atoms with van der Waals surface area (Å²) in [6.45, 7) is 4.20. The van der Waals surface area contributed by atoms with Gasteiger partial charge in [-0.25, -0.2) is 0 Å². The summed E-state index contributed by atoms with van der Waals surface area (Å²) in [5.74, 6) is -0.123. The Bertz CT molecular complexity index is 243. The van der Waals surface area contributed by atoms with Gasteiger partial charge in [-0.05, 0) is 32.6 Å². The first-order valence-electron chi connectivity index (χ1n) is 7.61. The molecule has 1 saturated carbocycles. The van der Waals surface area contributed by atoms with Crippen molar-refractivity contribution in [2.45, 2.75) is 83.8 Å². The van der Waals surface area contributed by atoms with Gasteiger partial charge in [-0.1, -0.05) is 39.0 Å². The van der Waals surface area contributed by atoms with Crippen LogP contribution in [0.1, 0.15) is 71.6 Å². The molecule has 0 aromatic carbocycles. The van der Waals surface area contributed by atoms with Gasteiger partial charge in [0.2, 0.25) is 0 Å². The van der Waals surface area contributed by atoms with Gasteiger partial charge in [0, 0.05) is 6.04 Å². The van der Waals surface area contributed by atoms with E-state index < -0.39 is 0 Å². The first kappa shape index (κ1) is 15.5. The predicted octanol–water partition coefficient (Wildman–Crippen LogP) is 3.41. The summed E-state index contributed by atoms with van der Waals surface area (Å²) in [6.07, 6.45) is 10.1. The largest absolute Gasteiger partial charge is 0.462 e. The predicted molar refractivity (Wildman–Crippen MR) is 74.2 cm³/mol. The van der Waals surface area contributed by atoms with Crippen molar-refractivity contribution in [3.63, 3.8) is 0 Å². The Hall–Kier alpha value is -0.570. The monoisotopic (exact) mass is 255 g/mol. The van der Waals surface area contributed by atoms with Gasteiger partial charge in [0.25, 0.3) is 0 Å². The van der Waals surface area contributed by atoms with Crippen molar-refractivity contribution in [3.05, 3.63) is 0 Å². The smallest absolute Gasteiger partial charge is 0.310 e. The van der Waals surface area contributed by atoms with Crippen molar-refractivity contribution in [1.82, 2.24) is 0 Å². The summed E-state index contributed by atoms with van der Waals surface area (Å²) in [4.78, 5) is 12.0. The van der Waals surface area contributed by atoms with E-state index in [2.05, 4.69) is 6.92 Å². The summed E-state index contributed by atoms with van der Waals surface area (Å²) in [5, 5.41) is 0. The minimum atomic E-state index is -0.0646. The highest BCUT2D eigenvalue weighted by atomic mass is 16.5. The highest BCUT2D eigenvalue weighted by Crippen LogP contribution is 2.24. The van der Waals surface area contributed by atoms with Gasteiger partial charge in [-0.2, -0.15) is 0 Å². The summed E-state index contributed by atoms with van der Waals surface area (Å²) in [5.41, 5.74) is 5.99. The Morgan fingerprint density at radius 3 is 2.67 bits per heavy atom. The number of hydrogen-bond acceptors (Lipinski definition) is 3. The van der Waals surface area contributed by atoms with Crippen LogP contribution in [0.3, 0.4) is 0 Å². The van der Waals surface area contributed by atoms with Crippen molar-refractivity contribution >= 4 is 5.97 Å². The first-order chi connectivity index (χ1) is 8.65. The number of carbonyl (C=O) groups is 1. The quantitative estimate of drug-likeness (QED) is 0.560. The maximum absolute atomic E-state index is 12.0. The van der Waals surface area contributed by atoms with Crippen LogP contribution in [0.5, 0.6) is 0 Å². The molecule has 0 aromatic heterocycles. The average molecular weight is 255 g/mol. The Kier molecular flexibility index (Phi) is 7.33. The normalized spacial score (nSPS) is 25.7. The fourth-order valence-corrected chi connectivity index (χ4v) is 2.66. The summed E-state index contributed by atoms with van der Waals surface area (Å²) in [7, 11) is 0. The molecule has 1 fully saturated rings. The van der Waals surface area contributed by atoms with Gasteiger partial charge in [-0.15, -0.1) is 0 Å². The van der Waals surface area contributed by atoms with Gasteiger partial charge in [0.1, 0.15) is 0 Å². The summed E-state index contributed by atoms with van der Waals surface area (Å²) >= 11 is 0. The van der Waals surface area contributed by atoms with Crippen LogP contribution in [0.4, 0.5) is 0 Å². The summed E-state index contributed by atoms with van der Waals surface area (Å²) < 4.78 is 5.52. The number of nitrogens with two attached hydrogens (primary N) is 1. The molecular formula is C15H29NO2. The van der Waals surface area contributed by atoms with Crippen LogP contribution < -0.4 is 5.73 Å². The molecule has 1 rings (SSSR count). The van der Waals surface area contributed by atoms with Crippen molar-refractivity contribution in [1.29, 1.82) is 0 Å². The van der Waals surface area contributed by atoms with Gasteiger partial charge in [0.15, 0.2) is 0 Å². The molecule has 0 amide bonds. The van der Waals surface area contributed by atoms with Gasteiger partial charge >= 0.3 is 5.97 Å². The van der Waals surface area contributed by atoms with Crippen LogP contribution in [-0.2, 0) is 9.53 Å². The first-order valence-corrected chi connectivity index (χ1v) is 7.61. The molecule has 3 unspecified atom stereocenters. The highest BCUT2D eigenvalue weighted by Gasteiger charge is 2.30.